The van der Waals surface area contributed by atoms with E-state index in [0.29, 0.717) is 6.54 Å². The Morgan fingerprint density at radius 3 is 2.37 bits per heavy atom. The molecular weight excluding hydrogens is 254 g/mol. The number of piperazine rings is 1. The van der Waals surface area contributed by atoms with Gasteiger partial charge >= 0.3 is 0 Å². The van der Waals surface area contributed by atoms with E-state index >= 15 is 0 Å². The lowest BCUT2D eigenvalue weighted by Crippen LogP contribution is -2.49. The highest BCUT2D eigenvalue weighted by molar-refractivity contribution is 7.11. The number of hydrogen-bond donors (Lipinski definition) is 1. The minimum atomic E-state index is 0.681. The van der Waals surface area contributed by atoms with Gasteiger partial charge in [0, 0.05) is 55.1 Å². The second-order valence-electron chi connectivity index (χ2n) is 5.82. The highest BCUT2D eigenvalue weighted by Gasteiger charge is 2.26. The molecule has 0 spiro atoms. The maximum absolute atomic E-state index is 5.67. The molecular formula is C15H25N3S. The lowest BCUT2D eigenvalue weighted by molar-refractivity contribution is 0.0943. The first-order chi connectivity index (χ1) is 9.35. The second-order valence-corrected chi connectivity index (χ2v) is 7.08. The summed E-state index contributed by atoms with van der Waals surface area (Å²) in [6.07, 6.45) is 5.76. The molecule has 106 valence electrons. The Labute approximate surface area is 120 Å². The summed E-state index contributed by atoms with van der Waals surface area (Å²) in [5.74, 6) is 0. The molecule has 0 atom stereocenters. The molecule has 1 aliphatic carbocycles. The summed E-state index contributed by atoms with van der Waals surface area (Å²) in [4.78, 5) is 8.09. The normalized spacial score (nSPS) is 23.2. The van der Waals surface area contributed by atoms with E-state index in [1.807, 2.05) is 11.3 Å². The van der Waals surface area contributed by atoms with Gasteiger partial charge in [-0.1, -0.05) is 12.8 Å². The molecule has 3 rings (SSSR count). The van der Waals surface area contributed by atoms with Crippen LogP contribution in [0.2, 0.25) is 0 Å². The van der Waals surface area contributed by atoms with Crippen LogP contribution in [-0.4, -0.2) is 42.0 Å². The van der Waals surface area contributed by atoms with Gasteiger partial charge in [-0.2, -0.15) is 0 Å². The number of nitrogens with zero attached hydrogens (tertiary/aromatic N) is 2. The third-order valence-corrected chi connectivity index (χ3v) is 5.64. The Balaban J connectivity index is 1.47. The van der Waals surface area contributed by atoms with Gasteiger partial charge in [0.25, 0.3) is 0 Å². The smallest absolute Gasteiger partial charge is 0.0329 e. The van der Waals surface area contributed by atoms with Crippen molar-refractivity contribution in [1.29, 1.82) is 0 Å². The van der Waals surface area contributed by atoms with Gasteiger partial charge in [0.1, 0.15) is 0 Å². The summed E-state index contributed by atoms with van der Waals surface area (Å²) in [5.41, 5.74) is 5.67. The van der Waals surface area contributed by atoms with Crippen molar-refractivity contribution < 1.29 is 0 Å². The monoisotopic (exact) mass is 279 g/mol. The molecule has 4 heteroatoms. The number of rotatable bonds is 4. The lowest BCUT2D eigenvalue weighted by atomic mass is 10.2. The van der Waals surface area contributed by atoms with Gasteiger partial charge in [0.2, 0.25) is 0 Å². The van der Waals surface area contributed by atoms with Gasteiger partial charge in [-0.15, -0.1) is 11.3 Å². The van der Waals surface area contributed by atoms with Crippen molar-refractivity contribution in [1.82, 2.24) is 9.80 Å². The number of hydrogen-bond acceptors (Lipinski definition) is 4. The number of thiophene rings is 1. The average Bonchev–Trinajstić information content (AvgIpc) is 3.10. The van der Waals surface area contributed by atoms with Crippen LogP contribution in [0.4, 0.5) is 0 Å². The third kappa shape index (κ3) is 3.37. The maximum Gasteiger partial charge on any atom is 0.0329 e. The lowest BCUT2D eigenvalue weighted by Gasteiger charge is -2.37. The fourth-order valence-electron chi connectivity index (χ4n) is 3.39. The zero-order valence-corrected chi connectivity index (χ0v) is 12.5. The molecule has 3 nitrogen and oxygen atoms in total. The van der Waals surface area contributed by atoms with E-state index in [-0.39, 0.29) is 0 Å². The molecule has 2 fully saturated rings. The van der Waals surface area contributed by atoms with E-state index in [2.05, 4.69) is 21.9 Å². The molecule has 1 aromatic rings. The third-order valence-electron chi connectivity index (χ3n) is 4.55. The Morgan fingerprint density at radius 1 is 1.05 bits per heavy atom. The quantitative estimate of drug-likeness (QED) is 0.917. The molecule has 0 bridgehead atoms. The minimum absolute atomic E-state index is 0.681. The van der Waals surface area contributed by atoms with E-state index in [9.17, 15) is 0 Å². The van der Waals surface area contributed by atoms with Crippen LogP contribution in [0, 0.1) is 0 Å². The van der Waals surface area contributed by atoms with E-state index in [0.717, 1.165) is 12.6 Å². The molecule has 0 amide bonds. The minimum Gasteiger partial charge on any atom is -0.326 e. The van der Waals surface area contributed by atoms with Gasteiger partial charge in [0.05, 0.1) is 0 Å². The Kier molecular flexibility index (Phi) is 4.53. The average molecular weight is 279 g/mol. The highest BCUT2D eigenvalue weighted by atomic mass is 32.1. The summed E-state index contributed by atoms with van der Waals surface area (Å²) in [7, 11) is 0. The molecule has 0 radical (unpaired) electrons. The predicted molar refractivity (Wildman–Crippen MR) is 81.3 cm³/mol. The summed E-state index contributed by atoms with van der Waals surface area (Å²) in [6, 6.07) is 5.32. The van der Waals surface area contributed by atoms with Crippen LogP contribution in [0.1, 0.15) is 35.4 Å². The largest absolute Gasteiger partial charge is 0.326 e. The molecule has 2 N–H and O–H groups in total. The molecule has 1 aliphatic heterocycles. The van der Waals surface area contributed by atoms with Crippen LogP contribution in [0.3, 0.4) is 0 Å². The molecule has 0 unspecified atom stereocenters. The summed E-state index contributed by atoms with van der Waals surface area (Å²) < 4.78 is 0. The van der Waals surface area contributed by atoms with Gasteiger partial charge in [-0.25, -0.2) is 0 Å². The van der Waals surface area contributed by atoms with Crippen LogP contribution < -0.4 is 5.73 Å². The van der Waals surface area contributed by atoms with Crippen LogP contribution in [-0.2, 0) is 13.1 Å². The van der Waals surface area contributed by atoms with E-state index in [4.69, 9.17) is 5.73 Å². The van der Waals surface area contributed by atoms with Crippen molar-refractivity contribution in [2.75, 3.05) is 26.2 Å². The maximum atomic E-state index is 5.67. The van der Waals surface area contributed by atoms with Crippen molar-refractivity contribution in [2.24, 2.45) is 5.73 Å². The first-order valence-corrected chi connectivity index (χ1v) is 8.41. The predicted octanol–water partition coefficient (Wildman–Crippen LogP) is 2.27. The van der Waals surface area contributed by atoms with Crippen LogP contribution >= 0.6 is 11.3 Å². The molecule has 2 heterocycles. The molecule has 0 aromatic carbocycles. The fraction of sp³-hybridized carbons (Fsp3) is 0.733. The summed E-state index contributed by atoms with van der Waals surface area (Å²) in [6.45, 7) is 6.78. The summed E-state index contributed by atoms with van der Waals surface area (Å²) >= 11 is 1.87. The van der Waals surface area contributed by atoms with Gasteiger partial charge in [0.15, 0.2) is 0 Å². The van der Waals surface area contributed by atoms with Crippen molar-refractivity contribution >= 4 is 11.3 Å². The fourth-order valence-corrected chi connectivity index (χ4v) is 4.33. The van der Waals surface area contributed by atoms with Crippen molar-refractivity contribution in [3.8, 4) is 0 Å². The van der Waals surface area contributed by atoms with E-state index in [1.165, 1.54) is 61.6 Å². The molecule has 1 aromatic heterocycles. The van der Waals surface area contributed by atoms with Crippen molar-refractivity contribution in [2.45, 2.75) is 44.8 Å². The summed E-state index contributed by atoms with van der Waals surface area (Å²) in [5, 5.41) is 0. The molecule has 1 saturated heterocycles. The number of nitrogens with two attached hydrogens (primary N) is 1. The molecule has 2 aliphatic rings. The molecule has 1 saturated carbocycles. The van der Waals surface area contributed by atoms with Crippen molar-refractivity contribution in [3.05, 3.63) is 21.9 Å². The van der Waals surface area contributed by atoms with Crippen LogP contribution in [0.25, 0.3) is 0 Å². The van der Waals surface area contributed by atoms with Gasteiger partial charge in [-0.05, 0) is 25.0 Å². The second kappa shape index (κ2) is 6.35. The zero-order valence-electron chi connectivity index (χ0n) is 11.7. The highest BCUT2D eigenvalue weighted by Crippen LogP contribution is 2.25. The van der Waals surface area contributed by atoms with Crippen LogP contribution in [0.15, 0.2) is 12.1 Å². The Bertz CT molecular complexity index is 390. The Morgan fingerprint density at radius 2 is 1.74 bits per heavy atom. The Hall–Kier alpha value is -0.420. The van der Waals surface area contributed by atoms with Gasteiger partial charge in [-0.3, -0.25) is 9.80 Å². The SMILES string of the molecule is NCc1ccc(CN2CCN(C3CCCC3)CC2)s1. The van der Waals surface area contributed by atoms with Crippen molar-refractivity contribution in [3.63, 3.8) is 0 Å². The van der Waals surface area contributed by atoms with Crippen LogP contribution in [0.5, 0.6) is 0 Å². The standard InChI is InChI=1S/C15H25N3S/c16-11-14-5-6-15(19-14)12-17-7-9-18(10-8-17)13-3-1-2-4-13/h5-6,13H,1-4,7-12,16H2. The molecule has 19 heavy (non-hydrogen) atoms. The first-order valence-electron chi connectivity index (χ1n) is 7.59. The zero-order chi connectivity index (χ0) is 13.1. The van der Waals surface area contributed by atoms with Gasteiger partial charge < -0.3 is 5.73 Å². The first kappa shape index (κ1) is 13.6. The topological polar surface area (TPSA) is 32.5 Å². The van der Waals surface area contributed by atoms with E-state index < -0.39 is 0 Å². The van der Waals surface area contributed by atoms with E-state index in [1.54, 1.807) is 0 Å².